The van der Waals surface area contributed by atoms with Crippen molar-refractivity contribution in [1.82, 2.24) is 14.3 Å². The number of nitro groups is 1. The van der Waals surface area contributed by atoms with Crippen LogP contribution in [0.3, 0.4) is 0 Å². The topological polar surface area (TPSA) is 119 Å². The molecule has 1 heterocycles. The molecule has 0 aromatic carbocycles. The lowest BCUT2D eigenvalue weighted by Gasteiger charge is -2.06. The van der Waals surface area contributed by atoms with E-state index in [0.29, 0.717) is 0 Å². The number of aromatic nitrogens is 2. The molecular formula is C7H13N5O4S. The third-order valence-electron chi connectivity index (χ3n) is 2.06. The summed E-state index contributed by atoms with van der Waals surface area (Å²) >= 11 is 0. The molecule has 1 rings (SSSR count). The van der Waals surface area contributed by atoms with E-state index < -0.39 is 14.9 Å². The van der Waals surface area contributed by atoms with Crippen molar-refractivity contribution in [3.63, 3.8) is 0 Å². The van der Waals surface area contributed by atoms with E-state index in [2.05, 4.69) is 15.0 Å². The highest BCUT2D eigenvalue weighted by Gasteiger charge is 2.19. The summed E-state index contributed by atoms with van der Waals surface area (Å²) in [6.07, 6.45) is 1.28. The Hall–Kier alpha value is -1.68. The first kappa shape index (κ1) is 13.4. The minimum atomic E-state index is -3.33. The minimum Gasteiger partial charge on any atom is -0.363 e. The van der Waals surface area contributed by atoms with E-state index in [1.54, 1.807) is 7.05 Å². The fourth-order valence-electron chi connectivity index (χ4n) is 1.16. The van der Waals surface area contributed by atoms with Gasteiger partial charge >= 0.3 is 5.82 Å². The van der Waals surface area contributed by atoms with Gasteiger partial charge in [0, 0.05) is 13.6 Å². The molecule has 2 N–H and O–H groups in total. The van der Waals surface area contributed by atoms with Crippen LogP contribution in [0.4, 0.5) is 11.6 Å². The Morgan fingerprint density at radius 1 is 1.59 bits per heavy atom. The average Bonchev–Trinajstić information content (AvgIpc) is 2.60. The predicted molar refractivity (Wildman–Crippen MR) is 61.2 cm³/mol. The van der Waals surface area contributed by atoms with Crippen LogP contribution in [-0.2, 0) is 17.1 Å². The van der Waals surface area contributed by atoms with Crippen molar-refractivity contribution in [3.05, 3.63) is 16.4 Å². The Balaban J connectivity index is 2.70. The van der Waals surface area contributed by atoms with Crippen LogP contribution in [0.5, 0.6) is 0 Å². The van der Waals surface area contributed by atoms with E-state index in [0.717, 1.165) is 0 Å². The fraction of sp³-hybridized carbons (Fsp3) is 0.571. The third-order valence-corrected chi connectivity index (χ3v) is 3.43. The lowest BCUT2D eigenvalue weighted by atomic mass is 10.6. The largest absolute Gasteiger partial charge is 0.406 e. The van der Waals surface area contributed by atoms with Crippen molar-refractivity contribution >= 4 is 21.7 Å². The zero-order chi connectivity index (χ0) is 13.1. The highest BCUT2D eigenvalue weighted by Crippen LogP contribution is 2.20. The second-order valence-electron chi connectivity index (χ2n) is 3.23. The summed E-state index contributed by atoms with van der Waals surface area (Å²) in [6, 6.07) is 0. The van der Waals surface area contributed by atoms with Crippen LogP contribution in [0, 0.1) is 10.1 Å². The van der Waals surface area contributed by atoms with Gasteiger partial charge in [-0.3, -0.25) is 4.57 Å². The molecular weight excluding hydrogens is 250 g/mol. The third kappa shape index (κ3) is 3.39. The van der Waals surface area contributed by atoms with Crippen LogP contribution in [0.15, 0.2) is 6.33 Å². The van der Waals surface area contributed by atoms with Gasteiger partial charge < -0.3 is 15.4 Å². The number of nitrogens with zero attached hydrogens (tertiary/aromatic N) is 3. The van der Waals surface area contributed by atoms with E-state index in [9.17, 15) is 18.5 Å². The monoisotopic (exact) mass is 263 g/mol. The van der Waals surface area contributed by atoms with Crippen LogP contribution in [-0.4, -0.2) is 42.2 Å². The van der Waals surface area contributed by atoms with Crippen LogP contribution >= 0.6 is 0 Å². The van der Waals surface area contributed by atoms with Gasteiger partial charge in [0.05, 0.1) is 5.75 Å². The van der Waals surface area contributed by atoms with Crippen molar-refractivity contribution < 1.29 is 13.3 Å². The molecule has 0 bridgehead atoms. The molecule has 0 aliphatic rings. The molecule has 0 saturated heterocycles. The highest BCUT2D eigenvalue weighted by atomic mass is 32.2. The first-order valence-electron chi connectivity index (χ1n) is 4.68. The molecule has 0 spiro atoms. The van der Waals surface area contributed by atoms with Gasteiger partial charge in [-0.15, -0.1) is 0 Å². The van der Waals surface area contributed by atoms with E-state index in [1.165, 1.54) is 17.9 Å². The number of hydrogen-bond acceptors (Lipinski definition) is 6. The minimum absolute atomic E-state index is 0.0591. The number of rotatable bonds is 6. The van der Waals surface area contributed by atoms with Gasteiger partial charge in [-0.05, 0) is 17.0 Å². The number of aryl methyl sites for hydroxylation is 1. The number of imidazole rings is 1. The summed E-state index contributed by atoms with van der Waals surface area (Å²) in [4.78, 5) is 13.6. The maximum Gasteiger partial charge on any atom is 0.406 e. The second kappa shape index (κ2) is 5.10. The molecule has 0 amide bonds. The summed E-state index contributed by atoms with van der Waals surface area (Å²) in [5.41, 5.74) is 0. The Morgan fingerprint density at radius 3 is 2.76 bits per heavy atom. The maximum absolute atomic E-state index is 11.1. The zero-order valence-electron chi connectivity index (χ0n) is 9.37. The first-order chi connectivity index (χ1) is 7.87. The summed E-state index contributed by atoms with van der Waals surface area (Å²) in [5, 5.41) is 13.3. The molecule has 1 aromatic rings. The highest BCUT2D eigenvalue weighted by molar-refractivity contribution is 7.89. The van der Waals surface area contributed by atoms with Gasteiger partial charge in [0.2, 0.25) is 22.2 Å². The number of hydrogen-bond donors (Lipinski definition) is 2. The Bertz CT molecular complexity index is 508. The molecule has 96 valence electrons. The van der Waals surface area contributed by atoms with E-state index >= 15 is 0 Å². The number of sulfonamides is 1. The SMILES string of the molecule is CNS(=O)(=O)CCNc1c([N+](=O)[O-])ncn1C. The van der Waals surface area contributed by atoms with Crippen molar-refractivity contribution in [2.24, 2.45) is 7.05 Å². The van der Waals surface area contributed by atoms with Crippen molar-refractivity contribution in [1.29, 1.82) is 0 Å². The smallest absolute Gasteiger partial charge is 0.363 e. The van der Waals surface area contributed by atoms with Gasteiger partial charge in [-0.25, -0.2) is 13.1 Å². The molecule has 0 radical (unpaired) electrons. The summed E-state index contributed by atoms with van der Waals surface area (Å²) in [5.74, 6) is -0.318. The number of anilines is 1. The molecule has 9 nitrogen and oxygen atoms in total. The van der Waals surface area contributed by atoms with Crippen LogP contribution < -0.4 is 10.0 Å². The van der Waals surface area contributed by atoms with Crippen molar-refractivity contribution in [2.45, 2.75) is 0 Å². The first-order valence-corrected chi connectivity index (χ1v) is 6.33. The van der Waals surface area contributed by atoms with E-state index in [4.69, 9.17) is 0 Å². The average molecular weight is 263 g/mol. The van der Waals surface area contributed by atoms with Crippen LogP contribution in [0.25, 0.3) is 0 Å². The number of nitrogens with one attached hydrogen (secondary N) is 2. The Labute approximate surface area is 98.0 Å². The quantitative estimate of drug-likeness (QED) is 0.517. The molecule has 17 heavy (non-hydrogen) atoms. The zero-order valence-corrected chi connectivity index (χ0v) is 10.2. The van der Waals surface area contributed by atoms with E-state index in [1.807, 2.05) is 0 Å². The second-order valence-corrected chi connectivity index (χ2v) is 5.28. The molecule has 0 aliphatic carbocycles. The Kier molecular flexibility index (Phi) is 4.02. The van der Waals surface area contributed by atoms with Crippen LogP contribution in [0.2, 0.25) is 0 Å². The molecule has 0 saturated carbocycles. The lowest BCUT2D eigenvalue weighted by molar-refractivity contribution is -0.388. The molecule has 10 heteroatoms. The fourth-order valence-corrected chi connectivity index (χ4v) is 1.74. The molecule has 0 fully saturated rings. The van der Waals surface area contributed by atoms with Gasteiger partial charge in [-0.2, -0.15) is 0 Å². The van der Waals surface area contributed by atoms with Gasteiger partial charge in [0.25, 0.3) is 0 Å². The van der Waals surface area contributed by atoms with Gasteiger partial charge in [0.15, 0.2) is 0 Å². The predicted octanol–water partition coefficient (Wildman–Crippen LogP) is -0.711. The molecule has 0 unspecified atom stereocenters. The van der Waals surface area contributed by atoms with Crippen molar-refractivity contribution in [3.8, 4) is 0 Å². The normalized spacial score (nSPS) is 11.4. The molecule has 0 aliphatic heterocycles. The van der Waals surface area contributed by atoms with E-state index in [-0.39, 0.29) is 23.9 Å². The summed E-state index contributed by atoms with van der Waals surface area (Å²) < 4.78 is 25.8. The lowest BCUT2D eigenvalue weighted by Crippen LogP contribution is -2.26. The summed E-state index contributed by atoms with van der Waals surface area (Å²) in [7, 11) is -0.445. The molecule has 1 aromatic heterocycles. The maximum atomic E-state index is 11.1. The van der Waals surface area contributed by atoms with Crippen molar-refractivity contribution in [2.75, 3.05) is 24.7 Å². The van der Waals surface area contributed by atoms with Gasteiger partial charge in [0.1, 0.15) is 0 Å². The molecule has 0 atom stereocenters. The van der Waals surface area contributed by atoms with Crippen LogP contribution in [0.1, 0.15) is 0 Å². The standard InChI is InChI=1S/C7H13N5O4S/c1-8-17(15,16)4-3-9-6-7(12(13)14)10-5-11(6)2/h5,8-9H,3-4H2,1-2H3. The summed E-state index contributed by atoms with van der Waals surface area (Å²) in [6.45, 7) is 0.0591. The van der Waals surface area contributed by atoms with Gasteiger partial charge in [-0.1, -0.05) is 0 Å². The Morgan fingerprint density at radius 2 is 2.24 bits per heavy atom.